The van der Waals surface area contributed by atoms with Crippen molar-refractivity contribution in [1.29, 1.82) is 0 Å². The number of nitrogens with one attached hydrogen (secondary N) is 1. The molecule has 0 aliphatic heterocycles. The maximum atomic E-state index is 3.73. The number of nitrogens with zero attached hydrogens (tertiary/aromatic N) is 1. The standard InChI is InChI=1S/C14H30N2/c1-6-10-15-12-8-9-14(3,4)11-13(12)16(5)7-2/h12-13,15H,6-11H2,1-5H3. The lowest BCUT2D eigenvalue weighted by atomic mass is 9.72. The number of hydrogen-bond donors (Lipinski definition) is 1. The molecule has 0 spiro atoms. The molecule has 0 radical (unpaired) electrons. The maximum absolute atomic E-state index is 3.73. The Labute approximate surface area is 102 Å². The lowest BCUT2D eigenvalue weighted by Crippen LogP contribution is -2.53. The molecular weight excluding hydrogens is 196 g/mol. The second-order valence-electron chi connectivity index (χ2n) is 6.11. The summed E-state index contributed by atoms with van der Waals surface area (Å²) < 4.78 is 0. The molecule has 0 aromatic carbocycles. The Morgan fingerprint density at radius 2 is 2.00 bits per heavy atom. The number of likely N-dealkylation sites (N-methyl/N-ethyl adjacent to an activating group) is 1. The fraction of sp³-hybridized carbons (Fsp3) is 1.00. The van der Waals surface area contributed by atoms with E-state index in [0.29, 0.717) is 11.5 Å². The predicted octanol–water partition coefficient (Wildman–Crippen LogP) is 2.89. The summed E-state index contributed by atoms with van der Waals surface area (Å²) in [5, 5.41) is 3.73. The molecule has 2 atom stereocenters. The van der Waals surface area contributed by atoms with Gasteiger partial charge in [0.15, 0.2) is 0 Å². The van der Waals surface area contributed by atoms with Gasteiger partial charge < -0.3 is 10.2 Å². The van der Waals surface area contributed by atoms with E-state index in [1.807, 2.05) is 0 Å². The zero-order chi connectivity index (χ0) is 12.2. The molecule has 2 heteroatoms. The molecule has 1 fully saturated rings. The van der Waals surface area contributed by atoms with Crippen LogP contribution in [0.5, 0.6) is 0 Å². The predicted molar refractivity (Wildman–Crippen MR) is 71.8 cm³/mol. The van der Waals surface area contributed by atoms with Gasteiger partial charge in [0.2, 0.25) is 0 Å². The smallest absolute Gasteiger partial charge is 0.0251 e. The van der Waals surface area contributed by atoms with Gasteiger partial charge in [-0.2, -0.15) is 0 Å². The van der Waals surface area contributed by atoms with Crippen molar-refractivity contribution in [2.75, 3.05) is 20.1 Å². The van der Waals surface area contributed by atoms with E-state index in [4.69, 9.17) is 0 Å². The number of hydrogen-bond acceptors (Lipinski definition) is 2. The third kappa shape index (κ3) is 3.74. The van der Waals surface area contributed by atoms with Crippen LogP contribution in [-0.4, -0.2) is 37.1 Å². The van der Waals surface area contributed by atoms with Crippen LogP contribution in [0.25, 0.3) is 0 Å². The topological polar surface area (TPSA) is 15.3 Å². The van der Waals surface area contributed by atoms with Crippen LogP contribution < -0.4 is 5.32 Å². The van der Waals surface area contributed by atoms with E-state index in [9.17, 15) is 0 Å². The first-order valence-corrected chi connectivity index (χ1v) is 6.94. The first-order valence-electron chi connectivity index (χ1n) is 6.94. The summed E-state index contributed by atoms with van der Waals surface area (Å²) in [6.07, 6.45) is 5.27. The maximum Gasteiger partial charge on any atom is 0.0251 e. The highest BCUT2D eigenvalue weighted by Crippen LogP contribution is 2.37. The molecule has 1 saturated carbocycles. The minimum absolute atomic E-state index is 0.526. The molecule has 1 N–H and O–H groups in total. The highest BCUT2D eigenvalue weighted by Gasteiger charge is 2.35. The van der Waals surface area contributed by atoms with Crippen molar-refractivity contribution < 1.29 is 0 Å². The Balaban J connectivity index is 2.60. The normalized spacial score (nSPS) is 29.6. The lowest BCUT2D eigenvalue weighted by Gasteiger charge is -2.45. The van der Waals surface area contributed by atoms with Crippen molar-refractivity contribution in [2.45, 2.75) is 65.5 Å². The minimum atomic E-state index is 0.526. The van der Waals surface area contributed by atoms with Crippen LogP contribution >= 0.6 is 0 Å². The van der Waals surface area contributed by atoms with E-state index < -0.39 is 0 Å². The summed E-state index contributed by atoms with van der Waals surface area (Å²) >= 11 is 0. The van der Waals surface area contributed by atoms with Crippen molar-refractivity contribution in [2.24, 2.45) is 5.41 Å². The molecule has 1 rings (SSSR count). The lowest BCUT2D eigenvalue weighted by molar-refractivity contribution is 0.0853. The first kappa shape index (κ1) is 14.0. The van der Waals surface area contributed by atoms with E-state index in [-0.39, 0.29) is 0 Å². The molecule has 0 amide bonds. The largest absolute Gasteiger partial charge is 0.312 e. The molecular formula is C14H30N2. The number of rotatable bonds is 5. The molecule has 16 heavy (non-hydrogen) atoms. The van der Waals surface area contributed by atoms with Gasteiger partial charge in [-0.15, -0.1) is 0 Å². The summed E-state index contributed by atoms with van der Waals surface area (Å²) in [5.41, 5.74) is 0.526. The summed E-state index contributed by atoms with van der Waals surface area (Å²) in [7, 11) is 2.27. The Bertz CT molecular complexity index is 201. The molecule has 96 valence electrons. The van der Waals surface area contributed by atoms with E-state index in [0.717, 1.165) is 12.6 Å². The van der Waals surface area contributed by atoms with Crippen molar-refractivity contribution >= 4 is 0 Å². The monoisotopic (exact) mass is 226 g/mol. The SMILES string of the molecule is CCCNC1CCC(C)(C)CC1N(C)CC. The van der Waals surface area contributed by atoms with Crippen molar-refractivity contribution in [1.82, 2.24) is 10.2 Å². The first-order chi connectivity index (χ1) is 7.50. The van der Waals surface area contributed by atoms with Crippen LogP contribution in [0.1, 0.15) is 53.4 Å². The fourth-order valence-corrected chi connectivity index (χ4v) is 2.81. The summed E-state index contributed by atoms with van der Waals surface area (Å²) in [6, 6.07) is 1.43. The van der Waals surface area contributed by atoms with Crippen LogP contribution in [0.2, 0.25) is 0 Å². The van der Waals surface area contributed by atoms with E-state index >= 15 is 0 Å². The van der Waals surface area contributed by atoms with Gasteiger partial charge in [0, 0.05) is 12.1 Å². The van der Waals surface area contributed by atoms with Gasteiger partial charge in [0.1, 0.15) is 0 Å². The Morgan fingerprint density at radius 1 is 1.31 bits per heavy atom. The minimum Gasteiger partial charge on any atom is -0.312 e. The van der Waals surface area contributed by atoms with Gasteiger partial charge in [-0.1, -0.05) is 27.7 Å². The second-order valence-corrected chi connectivity index (χ2v) is 6.11. The van der Waals surface area contributed by atoms with Gasteiger partial charge in [0.05, 0.1) is 0 Å². The highest BCUT2D eigenvalue weighted by molar-refractivity contribution is 4.93. The molecule has 1 aliphatic carbocycles. The van der Waals surface area contributed by atoms with Gasteiger partial charge in [0.25, 0.3) is 0 Å². The summed E-state index contributed by atoms with van der Waals surface area (Å²) in [6.45, 7) is 11.7. The zero-order valence-electron chi connectivity index (χ0n) is 11.8. The molecule has 0 aromatic rings. The van der Waals surface area contributed by atoms with Gasteiger partial charge in [-0.05, 0) is 51.2 Å². The molecule has 2 nitrogen and oxygen atoms in total. The molecule has 0 saturated heterocycles. The third-order valence-electron chi connectivity index (χ3n) is 4.08. The quantitative estimate of drug-likeness (QED) is 0.775. The Hall–Kier alpha value is -0.0800. The zero-order valence-corrected chi connectivity index (χ0v) is 11.8. The Kier molecular flexibility index (Phi) is 5.26. The molecule has 1 aliphatic rings. The average Bonchev–Trinajstić information content (AvgIpc) is 2.25. The highest BCUT2D eigenvalue weighted by atomic mass is 15.2. The van der Waals surface area contributed by atoms with E-state index in [1.165, 1.54) is 32.2 Å². The average molecular weight is 226 g/mol. The van der Waals surface area contributed by atoms with Crippen molar-refractivity contribution in [3.8, 4) is 0 Å². The third-order valence-corrected chi connectivity index (χ3v) is 4.08. The van der Waals surface area contributed by atoms with Crippen molar-refractivity contribution in [3.63, 3.8) is 0 Å². The van der Waals surface area contributed by atoms with Crippen LogP contribution in [0.4, 0.5) is 0 Å². The Morgan fingerprint density at radius 3 is 2.56 bits per heavy atom. The molecule has 2 unspecified atom stereocenters. The molecule has 0 aromatic heterocycles. The molecule has 0 heterocycles. The van der Waals surface area contributed by atoms with Crippen LogP contribution in [-0.2, 0) is 0 Å². The van der Waals surface area contributed by atoms with E-state index in [2.05, 4.69) is 45.0 Å². The van der Waals surface area contributed by atoms with Crippen molar-refractivity contribution in [3.05, 3.63) is 0 Å². The van der Waals surface area contributed by atoms with Crippen LogP contribution in [0.15, 0.2) is 0 Å². The molecule has 0 bridgehead atoms. The summed E-state index contributed by atoms with van der Waals surface area (Å²) in [5.74, 6) is 0. The second kappa shape index (κ2) is 6.02. The van der Waals surface area contributed by atoms with E-state index in [1.54, 1.807) is 0 Å². The van der Waals surface area contributed by atoms with Gasteiger partial charge in [-0.25, -0.2) is 0 Å². The van der Waals surface area contributed by atoms with Gasteiger partial charge >= 0.3 is 0 Å². The summed E-state index contributed by atoms with van der Waals surface area (Å²) in [4.78, 5) is 2.52. The van der Waals surface area contributed by atoms with Crippen LogP contribution in [0, 0.1) is 5.41 Å². The van der Waals surface area contributed by atoms with Gasteiger partial charge in [-0.3, -0.25) is 0 Å². The van der Waals surface area contributed by atoms with Crippen LogP contribution in [0.3, 0.4) is 0 Å². The fourth-order valence-electron chi connectivity index (χ4n) is 2.81.